The molecule has 1 heterocycles. The molecule has 1 saturated heterocycles. The smallest absolute Gasteiger partial charge is 0.258 e. The van der Waals surface area contributed by atoms with Crippen LogP contribution in [0.3, 0.4) is 0 Å². The van der Waals surface area contributed by atoms with Gasteiger partial charge in [-0.05, 0) is 42.0 Å². The summed E-state index contributed by atoms with van der Waals surface area (Å²) >= 11 is 0. The number of carbonyl (C=O) groups is 3. The highest BCUT2D eigenvalue weighted by molar-refractivity contribution is 6.05. The van der Waals surface area contributed by atoms with E-state index in [0.29, 0.717) is 31.3 Å². The van der Waals surface area contributed by atoms with E-state index in [1.165, 1.54) is 4.90 Å². The molecule has 3 N–H and O–H groups in total. The molecule has 1 fully saturated rings. The third-order valence-electron chi connectivity index (χ3n) is 6.02. The van der Waals surface area contributed by atoms with E-state index in [4.69, 9.17) is 4.74 Å². The first kappa shape index (κ1) is 23.1. The van der Waals surface area contributed by atoms with Crippen LogP contribution >= 0.6 is 0 Å². The molecule has 4 rings (SSSR count). The van der Waals surface area contributed by atoms with Crippen LogP contribution in [0.2, 0.25) is 0 Å². The van der Waals surface area contributed by atoms with Crippen LogP contribution in [-0.4, -0.2) is 54.0 Å². The van der Waals surface area contributed by atoms with E-state index in [1.54, 1.807) is 31.4 Å². The summed E-state index contributed by atoms with van der Waals surface area (Å²) in [5.41, 5.74) is 1.07. The van der Waals surface area contributed by atoms with Gasteiger partial charge in [-0.2, -0.15) is 0 Å². The predicted octanol–water partition coefficient (Wildman–Crippen LogP) is 2.59. The molecule has 1 unspecified atom stereocenters. The SMILES string of the molecule is COc1ccc(CNC(=O)CNC(=O)C2CCCN2C(=O)c2ccc3ccccc3c2O)cc1. The number of phenols is 1. The van der Waals surface area contributed by atoms with Crippen LogP contribution in [0.5, 0.6) is 11.5 Å². The molecular weight excluding hydrogens is 434 g/mol. The van der Waals surface area contributed by atoms with Gasteiger partial charge in [0.05, 0.1) is 19.2 Å². The van der Waals surface area contributed by atoms with E-state index in [2.05, 4.69) is 10.6 Å². The molecule has 0 radical (unpaired) electrons. The third-order valence-corrected chi connectivity index (χ3v) is 6.02. The van der Waals surface area contributed by atoms with Crippen LogP contribution in [0.15, 0.2) is 60.7 Å². The molecule has 8 heteroatoms. The highest BCUT2D eigenvalue weighted by Gasteiger charge is 2.35. The first-order valence-electron chi connectivity index (χ1n) is 11.2. The maximum Gasteiger partial charge on any atom is 0.258 e. The van der Waals surface area contributed by atoms with Gasteiger partial charge >= 0.3 is 0 Å². The van der Waals surface area contributed by atoms with E-state index >= 15 is 0 Å². The minimum absolute atomic E-state index is 0.0907. The average Bonchev–Trinajstić information content (AvgIpc) is 3.36. The van der Waals surface area contributed by atoms with Gasteiger partial charge < -0.3 is 25.4 Å². The Hall–Kier alpha value is -4.07. The summed E-state index contributed by atoms with van der Waals surface area (Å²) in [6, 6.07) is 17.2. The Bertz CT molecular complexity index is 1210. The summed E-state index contributed by atoms with van der Waals surface area (Å²) in [6.07, 6.45) is 1.17. The second kappa shape index (κ2) is 10.2. The van der Waals surface area contributed by atoms with Gasteiger partial charge in [-0.3, -0.25) is 14.4 Å². The third kappa shape index (κ3) is 4.96. The molecule has 0 spiro atoms. The zero-order chi connectivity index (χ0) is 24.1. The molecule has 1 aliphatic rings. The Morgan fingerprint density at radius 1 is 1.03 bits per heavy atom. The number of methoxy groups -OCH3 is 1. The summed E-state index contributed by atoms with van der Waals surface area (Å²) < 4.78 is 5.11. The van der Waals surface area contributed by atoms with E-state index in [0.717, 1.165) is 16.7 Å². The Kier molecular flexibility index (Phi) is 6.96. The van der Waals surface area contributed by atoms with Gasteiger partial charge in [-0.1, -0.05) is 42.5 Å². The Labute approximate surface area is 197 Å². The summed E-state index contributed by atoms with van der Waals surface area (Å²) in [4.78, 5) is 39.6. The van der Waals surface area contributed by atoms with Gasteiger partial charge in [0.25, 0.3) is 5.91 Å². The van der Waals surface area contributed by atoms with Crippen LogP contribution in [0.1, 0.15) is 28.8 Å². The van der Waals surface area contributed by atoms with Gasteiger partial charge in [0.1, 0.15) is 17.5 Å². The molecule has 1 atom stereocenters. The first-order chi connectivity index (χ1) is 16.5. The highest BCUT2D eigenvalue weighted by Crippen LogP contribution is 2.31. The Morgan fingerprint density at radius 3 is 2.56 bits per heavy atom. The molecule has 1 aliphatic heterocycles. The van der Waals surface area contributed by atoms with Crippen molar-refractivity contribution in [3.8, 4) is 11.5 Å². The molecule has 0 saturated carbocycles. The molecule has 176 valence electrons. The number of benzene rings is 3. The monoisotopic (exact) mass is 461 g/mol. The number of nitrogens with zero attached hydrogens (tertiary/aromatic N) is 1. The van der Waals surface area contributed by atoms with Crippen molar-refractivity contribution in [2.24, 2.45) is 0 Å². The molecule has 3 amide bonds. The van der Waals surface area contributed by atoms with Crippen LogP contribution in [0.25, 0.3) is 10.8 Å². The standard InChI is InChI=1S/C26H27N3O5/c1-34-19-11-8-17(9-12-19)15-27-23(30)16-28-25(32)22-7-4-14-29(22)26(33)21-13-10-18-5-2-3-6-20(18)24(21)31/h2-3,5-6,8-13,22,31H,4,7,14-16H2,1H3,(H,27,30)(H,28,32). The lowest BCUT2D eigenvalue weighted by Gasteiger charge is -2.24. The van der Waals surface area contributed by atoms with Crippen LogP contribution in [0.4, 0.5) is 0 Å². The number of rotatable bonds is 7. The largest absolute Gasteiger partial charge is 0.506 e. The van der Waals surface area contributed by atoms with Gasteiger partial charge in [-0.25, -0.2) is 0 Å². The minimum atomic E-state index is -0.687. The summed E-state index contributed by atoms with van der Waals surface area (Å²) in [7, 11) is 1.59. The quantitative estimate of drug-likeness (QED) is 0.501. The molecule has 34 heavy (non-hydrogen) atoms. The molecule has 0 aromatic heterocycles. The van der Waals surface area contributed by atoms with Crippen molar-refractivity contribution < 1.29 is 24.2 Å². The van der Waals surface area contributed by atoms with Crippen molar-refractivity contribution in [1.82, 2.24) is 15.5 Å². The summed E-state index contributed by atoms with van der Waals surface area (Å²) in [5, 5.41) is 17.5. The Balaban J connectivity index is 1.34. The van der Waals surface area contributed by atoms with Crippen molar-refractivity contribution in [3.05, 3.63) is 71.8 Å². The van der Waals surface area contributed by atoms with E-state index in [9.17, 15) is 19.5 Å². The fraction of sp³-hybridized carbons (Fsp3) is 0.269. The minimum Gasteiger partial charge on any atom is -0.506 e. The van der Waals surface area contributed by atoms with E-state index < -0.39 is 11.9 Å². The number of likely N-dealkylation sites (tertiary alicyclic amines) is 1. The highest BCUT2D eigenvalue weighted by atomic mass is 16.5. The molecule has 8 nitrogen and oxygen atoms in total. The van der Waals surface area contributed by atoms with Gasteiger partial charge in [0.15, 0.2) is 0 Å². The fourth-order valence-electron chi connectivity index (χ4n) is 4.16. The Morgan fingerprint density at radius 2 is 1.79 bits per heavy atom. The number of ether oxygens (including phenoxy) is 1. The van der Waals surface area contributed by atoms with Crippen molar-refractivity contribution in [2.45, 2.75) is 25.4 Å². The number of amides is 3. The number of hydrogen-bond donors (Lipinski definition) is 3. The maximum atomic E-state index is 13.2. The lowest BCUT2D eigenvalue weighted by atomic mass is 10.0. The van der Waals surface area contributed by atoms with Crippen molar-refractivity contribution >= 4 is 28.5 Å². The molecule has 3 aromatic carbocycles. The molecule has 0 bridgehead atoms. The predicted molar refractivity (Wildman–Crippen MR) is 128 cm³/mol. The summed E-state index contributed by atoms with van der Waals surface area (Å²) in [5.74, 6) is -0.468. The number of aromatic hydroxyl groups is 1. The molecular formula is C26H27N3O5. The van der Waals surface area contributed by atoms with Crippen LogP contribution < -0.4 is 15.4 Å². The number of phenolic OH excluding ortho intramolecular Hbond substituents is 1. The summed E-state index contributed by atoms with van der Waals surface area (Å²) in [6.45, 7) is 0.551. The number of nitrogens with one attached hydrogen (secondary N) is 2. The lowest BCUT2D eigenvalue weighted by Crippen LogP contribution is -2.48. The van der Waals surface area contributed by atoms with Crippen molar-refractivity contribution in [2.75, 3.05) is 20.2 Å². The maximum absolute atomic E-state index is 13.2. The second-order valence-corrected chi connectivity index (χ2v) is 8.18. The van der Waals surface area contributed by atoms with Gasteiger partial charge in [-0.15, -0.1) is 0 Å². The van der Waals surface area contributed by atoms with Crippen molar-refractivity contribution in [1.29, 1.82) is 0 Å². The fourth-order valence-corrected chi connectivity index (χ4v) is 4.16. The zero-order valence-electron chi connectivity index (χ0n) is 18.9. The van der Waals surface area contributed by atoms with Crippen molar-refractivity contribution in [3.63, 3.8) is 0 Å². The van der Waals surface area contributed by atoms with Gasteiger partial charge in [0, 0.05) is 18.5 Å². The van der Waals surface area contributed by atoms with E-state index in [-0.39, 0.29) is 29.7 Å². The normalized spacial score (nSPS) is 15.2. The second-order valence-electron chi connectivity index (χ2n) is 8.18. The topological polar surface area (TPSA) is 108 Å². The average molecular weight is 462 g/mol. The van der Waals surface area contributed by atoms with Gasteiger partial charge in [0.2, 0.25) is 11.8 Å². The number of hydrogen-bond acceptors (Lipinski definition) is 5. The number of carbonyl (C=O) groups excluding carboxylic acids is 3. The van der Waals surface area contributed by atoms with E-state index in [1.807, 2.05) is 36.4 Å². The lowest BCUT2D eigenvalue weighted by molar-refractivity contribution is -0.128. The molecule has 0 aliphatic carbocycles. The van der Waals surface area contributed by atoms with Crippen LogP contribution in [0, 0.1) is 0 Å². The zero-order valence-corrected chi connectivity index (χ0v) is 18.9. The number of fused-ring (bicyclic) bond motifs is 1. The molecule has 3 aromatic rings. The first-order valence-corrected chi connectivity index (χ1v) is 11.2. The van der Waals surface area contributed by atoms with Crippen LogP contribution in [-0.2, 0) is 16.1 Å².